The van der Waals surface area contributed by atoms with Crippen molar-refractivity contribution in [3.63, 3.8) is 0 Å². The lowest BCUT2D eigenvalue weighted by molar-refractivity contribution is -0.138. The van der Waals surface area contributed by atoms with Crippen molar-refractivity contribution in [1.29, 1.82) is 0 Å². The molecule has 0 heterocycles. The number of carboxylic acids is 1. The van der Waals surface area contributed by atoms with Crippen LogP contribution in [0.25, 0.3) is 0 Å². The molecule has 4 nitrogen and oxygen atoms in total. The molecular weight excluding hydrogens is 383 g/mol. The number of aliphatic carboxylic acids is 1. The normalized spacial score (nSPS) is 12.4. The van der Waals surface area contributed by atoms with Crippen LogP contribution >= 0.6 is 11.6 Å². The number of carbonyl (C=O) groups is 2. The molecule has 0 fully saturated rings. The van der Waals surface area contributed by atoms with Crippen LogP contribution < -0.4 is 5.32 Å². The highest BCUT2D eigenvalue weighted by Gasteiger charge is 2.30. The van der Waals surface area contributed by atoms with E-state index in [4.69, 9.17) is 16.7 Å². The van der Waals surface area contributed by atoms with Crippen molar-refractivity contribution in [2.24, 2.45) is 0 Å². The van der Waals surface area contributed by atoms with Gasteiger partial charge in [0, 0.05) is 11.1 Å². The molecule has 2 aromatic carbocycles. The average Bonchev–Trinajstić information content (AvgIpc) is 2.56. The van der Waals surface area contributed by atoms with E-state index in [1.807, 2.05) is 0 Å². The molecule has 27 heavy (non-hydrogen) atoms. The Morgan fingerprint density at radius 3 is 2.07 bits per heavy atom. The number of amides is 1. The molecule has 0 radical (unpaired) electrons. The van der Waals surface area contributed by atoms with E-state index in [0.29, 0.717) is 16.1 Å². The van der Waals surface area contributed by atoms with Gasteiger partial charge in [-0.1, -0.05) is 35.9 Å². The molecule has 2 rings (SSSR count). The lowest BCUT2D eigenvalue weighted by atomic mass is 10.0. The number of hydrogen-bond donors (Lipinski definition) is 2. The molecular formula is C19H17ClF3NO3. The number of rotatable bonds is 7. The van der Waals surface area contributed by atoms with Gasteiger partial charge in [-0.2, -0.15) is 13.2 Å². The summed E-state index contributed by atoms with van der Waals surface area (Å²) in [7, 11) is 0. The topological polar surface area (TPSA) is 66.4 Å². The highest BCUT2D eigenvalue weighted by molar-refractivity contribution is 6.30. The van der Waals surface area contributed by atoms with Crippen LogP contribution in [-0.4, -0.2) is 23.0 Å². The molecule has 0 bridgehead atoms. The molecule has 0 aromatic heterocycles. The van der Waals surface area contributed by atoms with Crippen molar-refractivity contribution in [1.82, 2.24) is 5.32 Å². The molecule has 0 aliphatic carbocycles. The summed E-state index contributed by atoms with van der Waals surface area (Å²) in [6.07, 6.45) is -4.63. The summed E-state index contributed by atoms with van der Waals surface area (Å²) in [5.41, 5.74) is 0.425. The molecule has 0 spiro atoms. The first kappa shape index (κ1) is 20.8. The van der Waals surface area contributed by atoms with Gasteiger partial charge in [0.2, 0.25) is 5.91 Å². The van der Waals surface area contributed by atoms with Gasteiger partial charge in [-0.3, -0.25) is 9.59 Å². The minimum absolute atomic E-state index is 0.0420. The first-order valence-electron chi connectivity index (χ1n) is 8.05. The van der Waals surface area contributed by atoms with Crippen molar-refractivity contribution in [3.8, 4) is 0 Å². The maximum atomic E-state index is 12.6. The van der Waals surface area contributed by atoms with Crippen LogP contribution in [0.2, 0.25) is 5.02 Å². The van der Waals surface area contributed by atoms with Crippen LogP contribution in [-0.2, 0) is 28.6 Å². The number of nitrogens with one attached hydrogen (secondary N) is 1. The van der Waals surface area contributed by atoms with Crippen molar-refractivity contribution in [2.45, 2.75) is 31.5 Å². The molecule has 2 aromatic rings. The minimum atomic E-state index is -4.44. The fraction of sp³-hybridized carbons (Fsp3) is 0.263. The lowest BCUT2D eigenvalue weighted by Gasteiger charge is -2.18. The molecule has 0 aliphatic rings. The van der Waals surface area contributed by atoms with Gasteiger partial charge in [0.25, 0.3) is 0 Å². The second-order valence-electron chi connectivity index (χ2n) is 6.06. The number of alkyl halides is 3. The zero-order valence-electron chi connectivity index (χ0n) is 14.1. The minimum Gasteiger partial charge on any atom is -0.481 e. The van der Waals surface area contributed by atoms with Gasteiger partial charge >= 0.3 is 12.1 Å². The maximum Gasteiger partial charge on any atom is 0.416 e. The summed E-state index contributed by atoms with van der Waals surface area (Å²) in [5.74, 6) is -1.49. The summed E-state index contributed by atoms with van der Waals surface area (Å²) < 4.78 is 37.8. The highest BCUT2D eigenvalue weighted by atomic mass is 35.5. The summed E-state index contributed by atoms with van der Waals surface area (Å²) in [5, 5.41) is 12.2. The Bertz CT molecular complexity index is 789. The van der Waals surface area contributed by atoms with E-state index in [-0.39, 0.29) is 25.2 Å². The predicted octanol–water partition coefficient (Wildman–Crippen LogP) is 4.10. The van der Waals surface area contributed by atoms with E-state index >= 15 is 0 Å². The SMILES string of the molecule is O=C(O)CC(Cc1ccc(C(F)(F)F)cc1)NC(=O)Cc1ccc(Cl)cc1. The third kappa shape index (κ3) is 6.94. The van der Waals surface area contributed by atoms with Gasteiger partial charge in [0.05, 0.1) is 18.4 Å². The van der Waals surface area contributed by atoms with Crippen LogP contribution in [0.1, 0.15) is 23.1 Å². The standard InChI is InChI=1S/C19H17ClF3NO3/c20-15-7-3-13(4-8-15)10-17(25)24-16(11-18(26)27)9-12-1-5-14(6-2-12)19(21,22)23/h1-8,16H,9-11H2,(H,24,25)(H,26,27). The van der Waals surface area contributed by atoms with Gasteiger partial charge in [-0.25, -0.2) is 0 Å². The number of halogens is 4. The monoisotopic (exact) mass is 399 g/mol. The predicted molar refractivity (Wildman–Crippen MR) is 94.5 cm³/mol. The Balaban J connectivity index is 2.02. The van der Waals surface area contributed by atoms with Gasteiger partial charge < -0.3 is 10.4 Å². The van der Waals surface area contributed by atoms with E-state index in [1.54, 1.807) is 24.3 Å². The van der Waals surface area contributed by atoms with Crippen molar-refractivity contribution >= 4 is 23.5 Å². The first-order valence-corrected chi connectivity index (χ1v) is 8.43. The smallest absolute Gasteiger partial charge is 0.416 e. The van der Waals surface area contributed by atoms with Crippen molar-refractivity contribution in [2.75, 3.05) is 0 Å². The number of carbonyl (C=O) groups excluding carboxylic acids is 1. The summed E-state index contributed by atoms with van der Waals surface area (Å²) in [6, 6.07) is 10.3. The van der Waals surface area contributed by atoms with Gasteiger partial charge in [0.1, 0.15) is 0 Å². The second kappa shape index (κ2) is 8.90. The molecule has 144 valence electrons. The van der Waals surface area contributed by atoms with Crippen molar-refractivity contribution < 1.29 is 27.9 Å². The molecule has 2 N–H and O–H groups in total. The lowest BCUT2D eigenvalue weighted by Crippen LogP contribution is -2.39. The van der Waals surface area contributed by atoms with Crippen LogP contribution in [0.4, 0.5) is 13.2 Å². The van der Waals surface area contributed by atoms with E-state index in [1.165, 1.54) is 12.1 Å². The quantitative estimate of drug-likeness (QED) is 0.736. The number of benzene rings is 2. The Labute approximate surface area is 159 Å². The molecule has 1 amide bonds. The van der Waals surface area contributed by atoms with Crippen molar-refractivity contribution in [3.05, 3.63) is 70.2 Å². The summed E-state index contributed by atoms with van der Waals surface area (Å²) in [6.45, 7) is 0. The van der Waals surface area contributed by atoms with E-state index < -0.39 is 23.8 Å². The van der Waals surface area contributed by atoms with Crippen LogP contribution in [0.3, 0.4) is 0 Å². The number of hydrogen-bond acceptors (Lipinski definition) is 2. The van der Waals surface area contributed by atoms with Crippen LogP contribution in [0.5, 0.6) is 0 Å². The largest absolute Gasteiger partial charge is 0.481 e. The highest BCUT2D eigenvalue weighted by Crippen LogP contribution is 2.29. The second-order valence-corrected chi connectivity index (χ2v) is 6.50. The zero-order valence-corrected chi connectivity index (χ0v) is 14.8. The molecule has 0 aliphatic heterocycles. The average molecular weight is 400 g/mol. The Kier molecular flexibility index (Phi) is 6.85. The third-order valence-corrected chi connectivity index (χ3v) is 4.08. The van der Waals surface area contributed by atoms with Crippen LogP contribution in [0, 0.1) is 0 Å². The molecule has 8 heteroatoms. The summed E-state index contributed by atoms with van der Waals surface area (Å²) >= 11 is 5.78. The first-order chi connectivity index (χ1) is 12.6. The third-order valence-electron chi connectivity index (χ3n) is 3.83. The van der Waals surface area contributed by atoms with E-state index in [2.05, 4.69) is 5.32 Å². The fourth-order valence-electron chi connectivity index (χ4n) is 2.57. The Morgan fingerprint density at radius 1 is 1.00 bits per heavy atom. The van der Waals surface area contributed by atoms with E-state index in [9.17, 15) is 22.8 Å². The van der Waals surface area contributed by atoms with E-state index in [0.717, 1.165) is 12.1 Å². The van der Waals surface area contributed by atoms with Gasteiger partial charge in [-0.15, -0.1) is 0 Å². The maximum absolute atomic E-state index is 12.6. The fourth-order valence-corrected chi connectivity index (χ4v) is 2.69. The summed E-state index contributed by atoms with van der Waals surface area (Å²) in [4.78, 5) is 23.2. The zero-order chi connectivity index (χ0) is 20.0. The van der Waals surface area contributed by atoms with Gasteiger partial charge in [0.15, 0.2) is 0 Å². The molecule has 1 unspecified atom stereocenters. The van der Waals surface area contributed by atoms with Crippen LogP contribution in [0.15, 0.2) is 48.5 Å². The Hall–Kier alpha value is -2.54. The molecule has 0 saturated heterocycles. The molecule has 0 saturated carbocycles. The van der Waals surface area contributed by atoms with Gasteiger partial charge in [-0.05, 0) is 41.8 Å². The Morgan fingerprint density at radius 2 is 1.56 bits per heavy atom. The number of carboxylic acid groups (broad SMARTS) is 1. The molecule has 1 atom stereocenters.